The standard InChI is InChI=1S/C10H22BNO2/c1-8(6-7-12)11-13-9(2,3)10(4,5)14-11/h8H,6-7,12H2,1-5H3. The maximum Gasteiger partial charge on any atom is 0.460 e. The van der Waals surface area contributed by atoms with Crippen LogP contribution in [0, 0.1) is 0 Å². The zero-order chi connectivity index (χ0) is 11.0. The van der Waals surface area contributed by atoms with Crippen LogP contribution in [0.25, 0.3) is 0 Å². The molecule has 2 N–H and O–H groups in total. The molecule has 0 bridgehead atoms. The Labute approximate surface area is 87.5 Å². The lowest BCUT2D eigenvalue weighted by molar-refractivity contribution is 0.00578. The van der Waals surface area contributed by atoms with Gasteiger partial charge in [-0.15, -0.1) is 0 Å². The third-order valence-corrected chi connectivity index (χ3v) is 3.36. The normalized spacial score (nSPS) is 26.6. The maximum atomic E-state index is 5.90. The highest BCUT2D eigenvalue weighted by molar-refractivity contribution is 6.47. The Balaban J connectivity index is 2.63. The molecule has 14 heavy (non-hydrogen) atoms. The lowest BCUT2D eigenvalue weighted by Crippen LogP contribution is -2.41. The Morgan fingerprint density at radius 2 is 1.57 bits per heavy atom. The van der Waals surface area contributed by atoms with Gasteiger partial charge in [-0.1, -0.05) is 6.92 Å². The van der Waals surface area contributed by atoms with Crippen molar-refractivity contribution >= 4 is 7.12 Å². The molecule has 82 valence electrons. The van der Waals surface area contributed by atoms with Gasteiger partial charge in [-0.3, -0.25) is 0 Å². The molecule has 0 saturated carbocycles. The summed E-state index contributed by atoms with van der Waals surface area (Å²) in [5.74, 6) is 0.362. The molecule has 1 aliphatic rings. The van der Waals surface area contributed by atoms with E-state index < -0.39 is 0 Å². The summed E-state index contributed by atoms with van der Waals surface area (Å²) in [5.41, 5.74) is 5.08. The topological polar surface area (TPSA) is 44.5 Å². The molecule has 1 fully saturated rings. The molecule has 0 spiro atoms. The van der Waals surface area contributed by atoms with Crippen LogP contribution in [0.4, 0.5) is 0 Å². The average molecular weight is 199 g/mol. The number of hydrogen-bond donors (Lipinski definition) is 1. The van der Waals surface area contributed by atoms with Gasteiger partial charge in [0.05, 0.1) is 11.2 Å². The monoisotopic (exact) mass is 199 g/mol. The van der Waals surface area contributed by atoms with E-state index in [9.17, 15) is 0 Å². The van der Waals surface area contributed by atoms with Crippen LogP contribution in [-0.4, -0.2) is 24.9 Å². The molecule has 0 aliphatic carbocycles. The van der Waals surface area contributed by atoms with Crippen molar-refractivity contribution < 1.29 is 9.31 Å². The molecule has 0 aromatic rings. The maximum absolute atomic E-state index is 5.90. The summed E-state index contributed by atoms with van der Waals surface area (Å²) in [6, 6.07) is 0. The van der Waals surface area contributed by atoms with Crippen LogP contribution in [0.15, 0.2) is 0 Å². The van der Waals surface area contributed by atoms with E-state index in [1.54, 1.807) is 0 Å². The quantitative estimate of drug-likeness (QED) is 0.705. The number of hydrogen-bond acceptors (Lipinski definition) is 3. The van der Waals surface area contributed by atoms with Crippen molar-refractivity contribution in [3.63, 3.8) is 0 Å². The average Bonchev–Trinajstić information content (AvgIpc) is 2.22. The van der Waals surface area contributed by atoms with Crippen molar-refractivity contribution in [2.75, 3.05) is 6.54 Å². The molecule has 0 aromatic carbocycles. The predicted octanol–water partition coefficient (Wildman–Crippen LogP) is 1.82. The third kappa shape index (κ3) is 2.13. The first-order valence-corrected chi connectivity index (χ1v) is 5.36. The van der Waals surface area contributed by atoms with Gasteiger partial charge in [0.2, 0.25) is 0 Å². The highest BCUT2D eigenvalue weighted by Gasteiger charge is 2.52. The van der Waals surface area contributed by atoms with Crippen molar-refractivity contribution in [1.82, 2.24) is 0 Å². The van der Waals surface area contributed by atoms with E-state index >= 15 is 0 Å². The Hall–Kier alpha value is -0.0551. The molecule has 0 aromatic heterocycles. The van der Waals surface area contributed by atoms with Gasteiger partial charge in [-0.05, 0) is 46.5 Å². The minimum Gasteiger partial charge on any atom is -0.403 e. The van der Waals surface area contributed by atoms with Crippen LogP contribution in [0.1, 0.15) is 41.0 Å². The summed E-state index contributed by atoms with van der Waals surface area (Å²) in [6.07, 6.45) is 0.941. The third-order valence-electron chi connectivity index (χ3n) is 3.36. The lowest BCUT2D eigenvalue weighted by atomic mass is 9.71. The molecule has 1 heterocycles. The molecule has 4 heteroatoms. The zero-order valence-corrected chi connectivity index (χ0v) is 9.96. The summed E-state index contributed by atoms with van der Waals surface area (Å²) in [4.78, 5) is 0. The van der Waals surface area contributed by atoms with Crippen molar-refractivity contribution in [1.29, 1.82) is 0 Å². The van der Waals surface area contributed by atoms with Crippen LogP contribution in [-0.2, 0) is 9.31 Å². The highest BCUT2D eigenvalue weighted by Crippen LogP contribution is 2.40. The lowest BCUT2D eigenvalue weighted by Gasteiger charge is -2.32. The fourth-order valence-corrected chi connectivity index (χ4v) is 1.52. The van der Waals surface area contributed by atoms with E-state index in [4.69, 9.17) is 15.0 Å². The Bertz CT molecular complexity index is 190. The van der Waals surface area contributed by atoms with Gasteiger partial charge in [0.1, 0.15) is 0 Å². The SMILES string of the molecule is CC(CCN)B1OC(C)(C)C(C)(C)O1. The van der Waals surface area contributed by atoms with Crippen LogP contribution in [0.3, 0.4) is 0 Å². The minimum atomic E-state index is -0.222. The van der Waals surface area contributed by atoms with E-state index in [1.165, 1.54) is 0 Å². The molecular formula is C10H22BNO2. The van der Waals surface area contributed by atoms with E-state index in [1.807, 2.05) is 0 Å². The molecule has 1 aliphatic heterocycles. The van der Waals surface area contributed by atoms with Gasteiger partial charge in [-0.2, -0.15) is 0 Å². The predicted molar refractivity (Wildman–Crippen MR) is 59.2 cm³/mol. The van der Waals surface area contributed by atoms with Gasteiger partial charge in [-0.25, -0.2) is 0 Å². The second-order valence-corrected chi connectivity index (χ2v) is 5.18. The second-order valence-electron chi connectivity index (χ2n) is 5.18. The molecule has 0 radical (unpaired) electrons. The van der Waals surface area contributed by atoms with E-state index in [0.29, 0.717) is 12.4 Å². The van der Waals surface area contributed by atoms with E-state index in [-0.39, 0.29) is 18.3 Å². The van der Waals surface area contributed by atoms with Crippen LogP contribution < -0.4 is 5.73 Å². The van der Waals surface area contributed by atoms with Crippen LogP contribution >= 0.6 is 0 Å². The zero-order valence-electron chi connectivity index (χ0n) is 9.96. The van der Waals surface area contributed by atoms with Crippen molar-refractivity contribution in [3.05, 3.63) is 0 Å². The summed E-state index contributed by atoms with van der Waals surface area (Å²) in [6.45, 7) is 11.1. The Morgan fingerprint density at radius 3 is 1.93 bits per heavy atom. The molecule has 1 unspecified atom stereocenters. The number of rotatable bonds is 3. The fraction of sp³-hybridized carbons (Fsp3) is 1.00. The van der Waals surface area contributed by atoms with Gasteiger partial charge in [0.15, 0.2) is 0 Å². The summed E-state index contributed by atoms with van der Waals surface area (Å²) >= 11 is 0. The molecular weight excluding hydrogens is 177 g/mol. The molecule has 3 nitrogen and oxygen atoms in total. The summed E-state index contributed by atoms with van der Waals surface area (Å²) in [5, 5.41) is 0. The largest absolute Gasteiger partial charge is 0.460 e. The van der Waals surface area contributed by atoms with E-state index in [0.717, 1.165) is 6.42 Å². The van der Waals surface area contributed by atoms with Crippen molar-refractivity contribution in [2.45, 2.75) is 58.1 Å². The smallest absolute Gasteiger partial charge is 0.403 e. The Kier molecular flexibility index (Phi) is 3.29. The molecule has 1 atom stereocenters. The first kappa shape index (κ1) is 12.0. The van der Waals surface area contributed by atoms with Crippen molar-refractivity contribution in [2.24, 2.45) is 5.73 Å². The van der Waals surface area contributed by atoms with E-state index in [2.05, 4.69) is 34.6 Å². The van der Waals surface area contributed by atoms with Gasteiger partial charge in [0.25, 0.3) is 0 Å². The summed E-state index contributed by atoms with van der Waals surface area (Å²) in [7, 11) is -0.108. The summed E-state index contributed by atoms with van der Waals surface area (Å²) < 4.78 is 11.8. The highest BCUT2D eigenvalue weighted by atomic mass is 16.7. The van der Waals surface area contributed by atoms with Crippen molar-refractivity contribution in [3.8, 4) is 0 Å². The van der Waals surface area contributed by atoms with Crippen LogP contribution in [0.5, 0.6) is 0 Å². The first-order valence-electron chi connectivity index (χ1n) is 5.36. The molecule has 0 amide bonds. The molecule has 1 rings (SSSR count). The number of nitrogens with two attached hydrogens (primary N) is 1. The fourth-order valence-electron chi connectivity index (χ4n) is 1.52. The Morgan fingerprint density at radius 1 is 1.14 bits per heavy atom. The van der Waals surface area contributed by atoms with Crippen LogP contribution in [0.2, 0.25) is 5.82 Å². The second kappa shape index (κ2) is 3.84. The van der Waals surface area contributed by atoms with Gasteiger partial charge in [0, 0.05) is 0 Å². The van der Waals surface area contributed by atoms with Gasteiger partial charge >= 0.3 is 7.12 Å². The van der Waals surface area contributed by atoms with Gasteiger partial charge < -0.3 is 15.0 Å². The first-order chi connectivity index (χ1) is 6.30. The molecule has 1 saturated heterocycles. The minimum absolute atomic E-state index is 0.108.